The number of rotatable bonds is 11. The summed E-state index contributed by atoms with van der Waals surface area (Å²) in [5.74, 6) is 3.40. The van der Waals surface area contributed by atoms with E-state index >= 15 is 0 Å². The first-order valence-corrected chi connectivity index (χ1v) is 11.7. The van der Waals surface area contributed by atoms with E-state index in [1.54, 1.807) is 0 Å². The smallest absolute Gasteiger partial charge is 0.226 e. The molecule has 1 fully saturated rings. The molecule has 0 saturated carbocycles. The van der Waals surface area contributed by atoms with Gasteiger partial charge in [0.2, 0.25) is 5.89 Å². The number of hydrogen-bond donors (Lipinski definition) is 2. The van der Waals surface area contributed by atoms with Crippen molar-refractivity contribution in [3.63, 3.8) is 0 Å². The van der Waals surface area contributed by atoms with Crippen LogP contribution in [0.3, 0.4) is 0 Å². The van der Waals surface area contributed by atoms with E-state index in [4.69, 9.17) is 19.0 Å². The number of aromatic nitrogens is 2. The van der Waals surface area contributed by atoms with Gasteiger partial charge in [-0.05, 0) is 44.7 Å². The number of benzene rings is 1. The molecule has 176 valence electrons. The van der Waals surface area contributed by atoms with Crippen molar-refractivity contribution < 1.29 is 14.0 Å². The Balaban J connectivity index is 1.52. The summed E-state index contributed by atoms with van der Waals surface area (Å²) in [7, 11) is 0. The van der Waals surface area contributed by atoms with E-state index in [1.807, 2.05) is 0 Å². The maximum atomic E-state index is 6.10. The van der Waals surface area contributed by atoms with Gasteiger partial charge in [-0.15, -0.1) is 0 Å². The Kier molecular flexibility index (Phi) is 9.34. The zero-order valence-electron chi connectivity index (χ0n) is 19.8. The Morgan fingerprint density at radius 1 is 1.31 bits per heavy atom. The Morgan fingerprint density at radius 3 is 2.91 bits per heavy atom. The Labute approximate surface area is 191 Å². The van der Waals surface area contributed by atoms with Crippen molar-refractivity contribution in [1.82, 2.24) is 20.8 Å². The molecule has 8 heteroatoms. The summed E-state index contributed by atoms with van der Waals surface area (Å²) in [4.78, 5) is 9.18. The van der Waals surface area contributed by atoms with Crippen LogP contribution in [0.2, 0.25) is 0 Å². The maximum Gasteiger partial charge on any atom is 0.226 e. The van der Waals surface area contributed by atoms with Gasteiger partial charge in [0, 0.05) is 37.6 Å². The van der Waals surface area contributed by atoms with Crippen LogP contribution in [0.25, 0.3) is 0 Å². The van der Waals surface area contributed by atoms with E-state index < -0.39 is 0 Å². The van der Waals surface area contributed by atoms with E-state index in [0.29, 0.717) is 19.0 Å². The van der Waals surface area contributed by atoms with E-state index in [9.17, 15) is 0 Å². The lowest BCUT2D eigenvalue weighted by molar-refractivity contribution is 0.0676. The lowest BCUT2D eigenvalue weighted by atomic mass is 10.1. The summed E-state index contributed by atoms with van der Waals surface area (Å²) in [6, 6.07) is 6.27. The molecule has 0 spiro atoms. The average molecular weight is 444 g/mol. The van der Waals surface area contributed by atoms with Crippen LogP contribution in [0, 0.1) is 6.92 Å². The molecule has 2 N–H and O–H groups in total. The quantitative estimate of drug-likeness (QED) is 0.310. The van der Waals surface area contributed by atoms with Gasteiger partial charge in [-0.3, -0.25) is 0 Å². The van der Waals surface area contributed by atoms with Crippen LogP contribution in [-0.4, -0.2) is 48.5 Å². The second-order valence-corrected chi connectivity index (χ2v) is 8.48. The molecule has 8 nitrogen and oxygen atoms in total. The monoisotopic (exact) mass is 443 g/mol. The Bertz CT molecular complexity index is 859. The van der Waals surface area contributed by atoms with Crippen LogP contribution in [0.15, 0.2) is 27.7 Å². The van der Waals surface area contributed by atoms with Crippen molar-refractivity contribution in [2.75, 3.05) is 26.3 Å². The van der Waals surface area contributed by atoms with Gasteiger partial charge in [0.1, 0.15) is 12.4 Å². The third-order valence-corrected chi connectivity index (χ3v) is 5.28. The van der Waals surface area contributed by atoms with Crippen LogP contribution < -0.4 is 15.4 Å². The number of ether oxygens (including phenoxy) is 2. The molecule has 0 bridgehead atoms. The molecule has 1 aliphatic heterocycles. The third kappa shape index (κ3) is 7.51. The van der Waals surface area contributed by atoms with Gasteiger partial charge in [0.25, 0.3) is 0 Å². The normalized spacial score (nSPS) is 16.5. The third-order valence-electron chi connectivity index (χ3n) is 5.28. The fourth-order valence-corrected chi connectivity index (χ4v) is 3.44. The summed E-state index contributed by atoms with van der Waals surface area (Å²) in [6.45, 7) is 11.8. The number of hydrogen-bond acceptors (Lipinski definition) is 6. The molecule has 32 heavy (non-hydrogen) atoms. The van der Waals surface area contributed by atoms with Crippen LogP contribution >= 0.6 is 0 Å². The summed E-state index contributed by atoms with van der Waals surface area (Å²) in [5, 5.41) is 10.7. The highest BCUT2D eigenvalue weighted by Gasteiger charge is 2.17. The second-order valence-electron chi connectivity index (χ2n) is 8.48. The molecule has 1 atom stereocenters. The van der Waals surface area contributed by atoms with Crippen molar-refractivity contribution in [2.24, 2.45) is 4.99 Å². The van der Waals surface area contributed by atoms with E-state index in [0.717, 1.165) is 68.5 Å². The van der Waals surface area contributed by atoms with Crippen LogP contribution in [0.5, 0.6) is 5.75 Å². The SMILES string of the molecule is CCNC(=NCc1ccc(C)cc1OCC1CCCO1)NCCCc1nc(C(C)C)no1. The number of nitrogens with one attached hydrogen (secondary N) is 2. The standard InChI is InChI=1S/C24H37N5O3/c1-5-25-24(26-12-6-9-22-28-23(17(2)3)29-32-22)27-15-19-11-10-18(4)14-21(19)31-16-20-8-7-13-30-20/h10-11,14,17,20H,5-9,12-13,15-16H2,1-4H3,(H2,25,26,27). The average Bonchev–Trinajstić information content (AvgIpc) is 3.46. The van der Waals surface area contributed by atoms with Crippen LogP contribution in [-0.2, 0) is 17.7 Å². The first-order valence-electron chi connectivity index (χ1n) is 11.7. The van der Waals surface area contributed by atoms with Crippen molar-refractivity contribution >= 4 is 5.96 Å². The van der Waals surface area contributed by atoms with Crippen molar-refractivity contribution in [3.05, 3.63) is 41.0 Å². The second kappa shape index (κ2) is 12.4. The van der Waals surface area contributed by atoms with Crippen molar-refractivity contribution in [3.8, 4) is 5.75 Å². The van der Waals surface area contributed by atoms with E-state index in [1.165, 1.54) is 5.56 Å². The first-order chi connectivity index (χ1) is 15.5. The lowest BCUT2D eigenvalue weighted by Gasteiger charge is -2.15. The number of aryl methyl sites for hydroxylation is 2. The highest BCUT2D eigenvalue weighted by Crippen LogP contribution is 2.23. The van der Waals surface area contributed by atoms with Crippen molar-refractivity contribution in [1.29, 1.82) is 0 Å². The van der Waals surface area contributed by atoms with E-state index in [2.05, 4.69) is 66.7 Å². The fraction of sp³-hybridized carbons (Fsp3) is 0.625. The van der Waals surface area contributed by atoms with Gasteiger partial charge >= 0.3 is 0 Å². The van der Waals surface area contributed by atoms with Crippen LogP contribution in [0.4, 0.5) is 0 Å². The summed E-state index contributed by atoms with van der Waals surface area (Å²) in [5.41, 5.74) is 2.24. The number of guanidine groups is 1. The van der Waals surface area contributed by atoms with Crippen molar-refractivity contribution in [2.45, 2.75) is 71.9 Å². The molecular weight excluding hydrogens is 406 g/mol. The molecular formula is C24H37N5O3. The predicted octanol–water partition coefficient (Wildman–Crippen LogP) is 3.75. The molecule has 1 aromatic carbocycles. The summed E-state index contributed by atoms with van der Waals surface area (Å²) in [6.07, 6.45) is 4.00. The Morgan fingerprint density at radius 2 is 2.19 bits per heavy atom. The molecule has 1 aliphatic rings. The van der Waals surface area contributed by atoms with Gasteiger partial charge in [-0.25, -0.2) is 4.99 Å². The molecule has 1 unspecified atom stereocenters. The molecule has 1 aromatic heterocycles. The Hall–Kier alpha value is -2.61. The minimum Gasteiger partial charge on any atom is -0.491 e. The van der Waals surface area contributed by atoms with Gasteiger partial charge in [-0.2, -0.15) is 4.98 Å². The molecule has 3 rings (SSSR count). The minimum absolute atomic E-state index is 0.196. The molecule has 0 radical (unpaired) electrons. The molecule has 0 amide bonds. The molecule has 2 aromatic rings. The topological polar surface area (TPSA) is 93.8 Å². The fourth-order valence-electron chi connectivity index (χ4n) is 3.44. The van der Waals surface area contributed by atoms with Gasteiger partial charge in [0.15, 0.2) is 11.8 Å². The summed E-state index contributed by atoms with van der Waals surface area (Å²) < 4.78 is 17.1. The van der Waals surface area contributed by atoms with Crippen LogP contribution in [0.1, 0.15) is 68.8 Å². The largest absolute Gasteiger partial charge is 0.491 e. The highest BCUT2D eigenvalue weighted by molar-refractivity contribution is 5.79. The zero-order chi connectivity index (χ0) is 22.8. The minimum atomic E-state index is 0.196. The first kappa shape index (κ1) is 24.0. The molecule has 0 aliphatic carbocycles. The van der Waals surface area contributed by atoms with E-state index in [-0.39, 0.29) is 12.0 Å². The lowest BCUT2D eigenvalue weighted by Crippen LogP contribution is -2.37. The maximum absolute atomic E-state index is 6.10. The van der Waals surface area contributed by atoms with Gasteiger partial charge in [0.05, 0.1) is 12.6 Å². The summed E-state index contributed by atoms with van der Waals surface area (Å²) >= 11 is 0. The predicted molar refractivity (Wildman–Crippen MR) is 125 cm³/mol. The number of aliphatic imine (C=N–C) groups is 1. The zero-order valence-corrected chi connectivity index (χ0v) is 19.8. The molecule has 1 saturated heterocycles. The molecule has 2 heterocycles. The number of nitrogens with zero attached hydrogens (tertiary/aromatic N) is 3. The van der Waals surface area contributed by atoms with Gasteiger partial charge < -0.3 is 24.6 Å². The van der Waals surface area contributed by atoms with Gasteiger partial charge in [-0.1, -0.05) is 31.1 Å². The highest BCUT2D eigenvalue weighted by atomic mass is 16.5.